The van der Waals surface area contributed by atoms with E-state index in [0.717, 1.165) is 17.0 Å². The molecule has 0 aliphatic heterocycles. The zero-order chi connectivity index (χ0) is 14.5. The standard InChI is InChI=1S/C13H16N4O2S/c1-2-11-16-17-13(20-11)15-12(19)10(14)7-8-3-5-9(18)6-4-8/h3-6,10,18H,2,7,14H2,1H3,(H,15,17,19). The van der Waals surface area contributed by atoms with Crippen molar-refractivity contribution in [2.45, 2.75) is 25.8 Å². The van der Waals surface area contributed by atoms with Crippen molar-refractivity contribution < 1.29 is 9.90 Å². The second kappa shape index (κ2) is 6.44. The molecule has 0 saturated carbocycles. The minimum Gasteiger partial charge on any atom is -0.508 e. The van der Waals surface area contributed by atoms with Crippen LogP contribution in [-0.2, 0) is 17.6 Å². The summed E-state index contributed by atoms with van der Waals surface area (Å²) in [4.78, 5) is 11.9. The second-order valence-electron chi connectivity index (χ2n) is 4.32. The lowest BCUT2D eigenvalue weighted by atomic mass is 10.1. The number of nitrogens with zero attached hydrogens (tertiary/aromatic N) is 2. The molecule has 0 bridgehead atoms. The number of amides is 1. The van der Waals surface area contributed by atoms with E-state index in [1.807, 2.05) is 6.92 Å². The summed E-state index contributed by atoms with van der Waals surface area (Å²) in [5.74, 6) is -0.107. The molecule has 0 aliphatic rings. The molecule has 0 radical (unpaired) electrons. The van der Waals surface area contributed by atoms with Crippen LogP contribution in [0.2, 0.25) is 0 Å². The van der Waals surface area contributed by atoms with E-state index in [-0.39, 0.29) is 11.7 Å². The van der Waals surface area contributed by atoms with E-state index in [1.54, 1.807) is 24.3 Å². The number of carbonyl (C=O) groups excluding carboxylic acids is 1. The van der Waals surface area contributed by atoms with Gasteiger partial charge in [-0.1, -0.05) is 30.4 Å². The third kappa shape index (κ3) is 3.75. The van der Waals surface area contributed by atoms with E-state index >= 15 is 0 Å². The summed E-state index contributed by atoms with van der Waals surface area (Å²) in [5, 5.41) is 21.0. The van der Waals surface area contributed by atoms with Crippen molar-refractivity contribution in [2.24, 2.45) is 5.73 Å². The number of benzene rings is 1. The topological polar surface area (TPSA) is 101 Å². The molecule has 20 heavy (non-hydrogen) atoms. The Bertz CT molecular complexity index is 582. The number of rotatable bonds is 5. The summed E-state index contributed by atoms with van der Waals surface area (Å²) < 4.78 is 0. The van der Waals surface area contributed by atoms with E-state index in [9.17, 15) is 9.90 Å². The number of anilines is 1. The van der Waals surface area contributed by atoms with Crippen LogP contribution in [0.5, 0.6) is 5.75 Å². The van der Waals surface area contributed by atoms with Crippen LogP contribution in [-0.4, -0.2) is 27.3 Å². The van der Waals surface area contributed by atoms with Crippen molar-refractivity contribution in [3.8, 4) is 5.75 Å². The minimum absolute atomic E-state index is 0.188. The molecule has 0 fully saturated rings. The molecule has 7 heteroatoms. The van der Waals surface area contributed by atoms with Crippen LogP contribution < -0.4 is 11.1 Å². The third-order valence-corrected chi connectivity index (χ3v) is 3.71. The van der Waals surface area contributed by atoms with Crippen LogP contribution in [0.25, 0.3) is 0 Å². The summed E-state index contributed by atoms with van der Waals surface area (Å²) in [6.45, 7) is 1.97. The molecule has 1 unspecified atom stereocenters. The first-order valence-electron chi connectivity index (χ1n) is 6.25. The lowest BCUT2D eigenvalue weighted by Gasteiger charge is -2.10. The van der Waals surface area contributed by atoms with E-state index in [1.165, 1.54) is 11.3 Å². The van der Waals surface area contributed by atoms with E-state index in [4.69, 9.17) is 5.73 Å². The molecule has 2 rings (SSSR count). The normalized spacial score (nSPS) is 12.1. The van der Waals surface area contributed by atoms with Gasteiger partial charge in [0.15, 0.2) is 0 Å². The quantitative estimate of drug-likeness (QED) is 0.771. The minimum atomic E-state index is -0.673. The largest absolute Gasteiger partial charge is 0.508 e. The first-order valence-corrected chi connectivity index (χ1v) is 7.07. The van der Waals surface area contributed by atoms with Crippen molar-refractivity contribution >= 4 is 22.4 Å². The van der Waals surface area contributed by atoms with Crippen molar-refractivity contribution in [1.29, 1.82) is 0 Å². The van der Waals surface area contributed by atoms with Crippen LogP contribution >= 0.6 is 11.3 Å². The molecule has 2 aromatic rings. The average Bonchev–Trinajstić information content (AvgIpc) is 2.89. The van der Waals surface area contributed by atoms with Gasteiger partial charge in [-0.15, -0.1) is 10.2 Å². The molecule has 0 saturated heterocycles. The molecule has 1 aromatic heterocycles. The third-order valence-electron chi connectivity index (χ3n) is 2.73. The number of nitrogens with one attached hydrogen (secondary N) is 1. The van der Waals surface area contributed by atoms with Gasteiger partial charge >= 0.3 is 0 Å². The Balaban J connectivity index is 1.93. The van der Waals surface area contributed by atoms with E-state index < -0.39 is 6.04 Å². The van der Waals surface area contributed by atoms with Crippen molar-refractivity contribution in [2.75, 3.05) is 5.32 Å². The van der Waals surface area contributed by atoms with Crippen molar-refractivity contribution in [3.05, 3.63) is 34.8 Å². The fraction of sp³-hybridized carbons (Fsp3) is 0.308. The Kier molecular flexibility index (Phi) is 4.65. The van der Waals surface area contributed by atoms with Gasteiger partial charge in [0, 0.05) is 0 Å². The first-order chi connectivity index (χ1) is 9.58. The summed E-state index contributed by atoms with van der Waals surface area (Å²) in [6, 6.07) is 5.94. The van der Waals surface area contributed by atoms with Crippen LogP contribution in [0.4, 0.5) is 5.13 Å². The maximum Gasteiger partial charge on any atom is 0.243 e. The lowest BCUT2D eigenvalue weighted by Crippen LogP contribution is -2.37. The van der Waals surface area contributed by atoms with Gasteiger partial charge in [0.2, 0.25) is 11.0 Å². The second-order valence-corrected chi connectivity index (χ2v) is 5.38. The van der Waals surface area contributed by atoms with Crippen molar-refractivity contribution in [3.63, 3.8) is 0 Å². The molecule has 1 aromatic carbocycles. The summed E-state index contributed by atoms with van der Waals surface area (Å²) >= 11 is 1.34. The van der Waals surface area contributed by atoms with Gasteiger partial charge in [-0.05, 0) is 30.5 Å². The van der Waals surface area contributed by atoms with Crippen LogP contribution in [0, 0.1) is 0 Å². The zero-order valence-electron chi connectivity index (χ0n) is 11.0. The van der Waals surface area contributed by atoms with Gasteiger partial charge in [0.25, 0.3) is 0 Å². The molecule has 4 N–H and O–H groups in total. The molecule has 1 amide bonds. The van der Waals surface area contributed by atoms with Crippen molar-refractivity contribution in [1.82, 2.24) is 10.2 Å². The highest BCUT2D eigenvalue weighted by molar-refractivity contribution is 7.15. The summed E-state index contributed by atoms with van der Waals surface area (Å²) in [6.07, 6.45) is 1.18. The Morgan fingerprint density at radius 3 is 2.70 bits per heavy atom. The highest BCUT2D eigenvalue weighted by atomic mass is 32.1. The number of nitrogens with two attached hydrogens (primary N) is 1. The fourth-order valence-corrected chi connectivity index (χ4v) is 2.31. The maximum absolute atomic E-state index is 11.9. The Morgan fingerprint density at radius 1 is 1.40 bits per heavy atom. The van der Waals surface area contributed by atoms with E-state index in [0.29, 0.717) is 11.6 Å². The molecule has 106 valence electrons. The fourth-order valence-electron chi connectivity index (χ4n) is 1.62. The number of phenols is 1. The zero-order valence-corrected chi connectivity index (χ0v) is 11.9. The SMILES string of the molecule is CCc1nnc(NC(=O)C(N)Cc2ccc(O)cc2)s1. The van der Waals surface area contributed by atoms with Gasteiger partial charge in [-0.3, -0.25) is 10.1 Å². The van der Waals surface area contributed by atoms with E-state index in [2.05, 4.69) is 15.5 Å². The molecular weight excluding hydrogens is 276 g/mol. The molecule has 0 aliphatic carbocycles. The maximum atomic E-state index is 11.9. The molecular formula is C13H16N4O2S. The number of carbonyl (C=O) groups is 1. The Labute approximate surface area is 120 Å². The van der Waals surface area contributed by atoms with Crippen LogP contribution in [0.15, 0.2) is 24.3 Å². The number of aromatic hydroxyl groups is 1. The first kappa shape index (κ1) is 14.4. The number of aromatic nitrogens is 2. The highest BCUT2D eigenvalue weighted by Crippen LogP contribution is 2.16. The number of phenolic OH excluding ortho intramolecular Hbond substituents is 1. The lowest BCUT2D eigenvalue weighted by molar-refractivity contribution is -0.117. The Morgan fingerprint density at radius 2 is 2.10 bits per heavy atom. The van der Waals surface area contributed by atoms with Gasteiger partial charge in [0.05, 0.1) is 6.04 Å². The van der Waals surface area contributed by atoms with Gasteiger partial charge < -0.3 is 10.8 Å². The van der Waals surface area contributed by atoms with Crippen LogP contribution in [0.3, 0.4) is 0 Å². The molecule has 0 spiro atoms. The predicted molar refractivity (Wildman–Crippen MR) is 77.7 cm³/mol. The molecule has 1 atom stereocenters. The molecule has 1 heterocycles. The number of hydrogen-bond donors (Lipinski definition) is 3. The molecule has 6 nitrogen and oxygen atoms in total. The summed E-state index contributed by atoms with van der Waals surface area (Å²) in [7, 11) is 0. The summed E-state index contributed by atoms with van der Waals surface area (Å²) in [5.41, 5.74) is 6.74. The van der Waals surface area contributed by atoms with Gasteiger partial charge in [-0.2, -0.15) is 0 Å². The smallest absolute Gasteiger partial charge is 0.243 e. The van der Waals surface area contributed by atoms with Crippen LogP contribution in [0.1, 0.15) is 17.5 Å². The predicted octanol–water partition coefficient (Wildman–Crippen LogP) is 1.31. The number of hydrogen-bond acceptors (Lipinski definition) is 6. The average molecular weight is 292 g/mol. The van der Waals surface area contributed by atoms with Gasteiger partial charge in [-0.25, -0.2) is 0 Å². The van der Waals surface area contributed by atoms with Gasteiger partial charge in [0.1, 0.15) is 10.8 Å². The highest BCUT2D eigenvalue weighted by Gasteiger charge is 2.16. The number of aryl methyl sites for hydroxylation is 1. The Hall–Kier alpha value is -1.99. The monoisotopic (exact) mass is 292 g/mol.